The van der Waals surface area contributed by atoms with E-state index in [1.54, 1.807) is 0 Å². The van der Waals surface area contributed by atoms with Gasteiger partial charge in [-0.1, -0.05) is 0 Å². The van der Waals surface area contributed by atoms with E-state index in [-0.39, 0.29) is 0 Å². The normalized spacial score (nSPS) is 25.3. The number of rotatable bonds is 5. The molecule has 2 rings (SSSR count). The lowest BCUT2D eigenvalue weighted by Gasteiger charge is -2.34. The van der Waals surface area contributed by atoms with Crippen LogP contribution in [0.15, 0.2) is 0 Å². The SMILES string of the molecule is CNCC1(CN2CCN(C=O)CC2)CC1. The molecular weight excluding hydrogens is 190 g/mol. The maximum Gasteiger partial charge on any atom is 0.209 e. The van der Waals surface area contributed by atoms with Gasteiger partial charge in [0.25, 0.3) is 0 Å². The molecule has 1 saturated carbocycles. The smallest absolute Gasteiger partial charge is 0.209 e. The van der Waals surface area contributed by atoms with E-state index in [0.29, 0.717) is 5.41 Å². The summed E-state index contributed by atoms with van der Waals surface area (Å²) < 4.78 is 0. The van der Waals surface area contributed by atoms with Gasteiger partial charge in [0.05, 0.1) is 0 Å². The van der Waals surface area contributed by atoms with Crippen LogP contribution < -0.4 is 5.32 Å². The largest absolute Gasteiger partial charge is 0.343 e. The average Bonchev–Trinajstić information content (AvgIpc) is 3.00. The Morgan fingerprint density at radius 3 is 2.40 bits per heavy atom. The van der Waals surface area contributed by atoms with Crippen LogP contribution in [-0.4, -0.2) is 62.5 Å². The molecule has 0 aromatic carbocycles. The van der Waals surface area contributed by atoms with Gasteiger partial charge in [0, 0.05) is 39.3 Å². The fourth-order valence-electron chi connectivity index (χ4n) is 2.44. The second-order valence-electron chi connectivity index (χ2n) is 4.95. The van der Waals surface area contributed by atoms with Gasteiger partial charge in [-0.05, 0) is 25.3 Å². The van der Waals surface area contributed by atoms with Gasteiger partial charge in [0.15, 0.2) is 0 Å². The van der Waals surface area contributed by atoms with E-state index in [9.17, 15) is 4.79 Å². The molecule has 1 aliphatic heterocycles. The summed E-state index contributed by atoms with van der Waals surface area (Å²) >= 11 is 0. The van der Waals surface area contributed by atoms with Gasteiger partial charge in [0.1, 0.15) is 0 Å². The molecule has 4 nitrogen and oxygen atoms in total. The second-order valence-corrected chi connectivity index (χ2v) is 4.95. The molecule has 1 N–H and O–H groups in total. The van der Waals surface area contributed by atoms with Crippen LogP contribution >= 0.6 is 0 Å². The molecule has 1 aliphatic carbocycles. The number of nitrogens with zero attached hydrogens (tertiary/aromatic N) is 2. The van der Waals surface area contributed by atoms with E-state index < -0.39 is 0 Å². The van der Waals surface area contributed by atoms with Crippen LogP contribution in [0.5, 0.6) is 0 Å². The summed E-state index contributed by atoms with van der Waals surface area (Å²) in [5.41, 5.74) is 0.554. The van der Waals surface area contributed by atoms with Crippen molar-refractivity contribution < 1.29 is 4.79 Å². The van der Waals surface area contributed by atoms with E-state index >= 15 is 0 Å². The predicted octanol–water partition coefficient (Wildman–Crippen LogP) is -0.240. The third kappa shape index (κ3) is 2.69. The minimum absolute atomic E-state index is 0.554. The standard InChI is InChI=1S/C11H21N3O/c1-12-8-11(2-3-11)9-13-4-6-14(10-15)7-5-13/h10,12H,2-9H2,1H3. The molecular formula is C11H21N3O. The van der Waals surface area contributed by atoms with Crippen molar-refractivity contribution in [1.29, 1.82) is 0 Å². The molecule has 2 aliphatic rings. The number of carbonyl (C=O) groups is 1. The highest BCUT2D eigenvalue weighted by Gasteiger charge is 2.43. The average molecular weight is 211 g/mol. The van der Waals surface area contributed by atoms with E-state index in [2.05, 4.69) is 10.2 Å². The number of carbonyl (C=O) groups excluding carboxylic acids is 1. The zero-order chi connectivity index (χ0) is 10.7. The molecule has 0 aromatic heterocycles. The maximum absolute atomic E-state index is 10.6. The summed E-state index contributed by atoms with van der Waals surface area (Å²) in [6, 6.07) is 0. The Bertz CT molecular complexity index is 220. The zero-order valence-electron chi connectivity index (χ0n) is 9.54. The Labute approximate surface area is 91.6 Å². The van der Waals surface area contributed by atoms with Crippen molar-refractivity contribution in [3.05, 3.63) is 0 Å². The fraction of sp³-hybridized carbons (Fsp3) is 0.909. The van der Waals surface area contributed by atoms with Crippen molar-refractivity contribution in [3.63, 3.8) is 0 Å². The molecule has 1 amide bonds. The Balaban J connectivity index is 1.74. The number of nitrogens with one attached hydrogen (secondary N) is 1. The summed E-state index contributed by atoms with van der Waals surface area (Å²) in [6.07, 6.45) is 3.70. The first-order chi connectivity index (χ1) is 7.28. The van der Waals surface area contributed by atoms with Crippen molar-refractivity contribution in [3.8, 4) is 0 Å². The van der Waals surface area contributed by atoms with Crippen LogP contribution in [0.4, 0.5) is 0 Å². The van der Waals surface area contributed by atoms with Crippen molar-refractivity contribution in [2.24, 2.45) is 5.41 Å². The summed E-state index contributed by atoms with van der Waals surface area (Å²) in [6.45, 7) is 6.24. The molecule has 0 atom stereocenters. The highest BCUT2D eigenvalue weighted by atomic mass is 16.1. The predicted molar refractivity (Wildman–Crippen MR) is 59.7 cm³/mol. The first-order valence-corrected chi connectivity index (χ1v) is 5.84. The second kappa shape index (κ2) is 4.49. The lowest BCUT2D eigenvalue weighted by Crippen LogP contribution is -2.48. The highest BCUT2D eigenvalue weighted by molar-refractivity contribution is 5.47. The molecule has 1 saturated heterocycles. The topological polar surface area (TPSA) is 35.6 Å². The summed E-state index contributed by atoms with van der Waals surface area (Å²) in [5.74, 6) is 0. The first kappa shape index (κ1) is 10.9. The summed E-state index contributed by atoms with van der Waals surface area (Å²) in [4.78, 5) is 14.9. The molecule has 0 spiro atoms. The highest BCUT2D eigenvalue weighted by Crippen LogP contribution is 2.45. The van der Waals surface area contributed by atoms with Gasteiger partial charge in [-0.3, -0.25) is 9.69 Å². The zero-order valence-corrected chi connectivity index (χ0v) is 9.54. The molecule has 1 heterocycles. The molecule has 0 unspecified atom stereocenters. The van der Waals surface area contributed by atoms with Gasteiger partial charge < -0.3 is 10.2 Å². The van der Waals surface area contributed by atoms with Crippen LogP contribution in [0, 0.1) is 5.41 Å². The van der Waals surface area contributed by atoms with Gasteiger partial charge in [0.2, 0.25) is 6.41 Å². The van der Waals surface area contributed by atoms with Gasteiger partial charge in [-0.15, -0.1) is 0 Å². The van der Waals surface area contributed by atoms with E-state index in [4.69, 9.17) is 0 Å². The van der Waals surface area contributed by atoms with Crippen LogP contribution in [0.3, 0.4) is 0 Å². The van der Waals surface area contributed by atoms with Crippen molar-refractivity contribution in [2.45, 2.75) is 12.8 Å². The van der Waals surface area contributed by atoms with E-state index in [1.807, 2.05) is 11.9 Å². The fourth-order valence-corrected chi connectivity index (χ4v) is 2.44. The van der Waals surface area contributed by atoms with Gasteiger partial charge in [-0.2, -0.15) is 0 Å². The van der Waals surface area contributed by atoms with Crippen LogP contribution in [-0.2, 0) is 4.79 Å². The molecule has 0 aromatic rings. The first-order valence-electron chi connectivity index (χ1n) is 5.84. The Morgan fingerprint density at radius 1 is 1.27 bits per heavy atom. The van der Waals surface area contributed by atoms with Crippen LogP contribution in [0.2, 0.25) is 0 Å². The minimum Gasteiger partial charge on any atom is -0.343 e. The lowest BCUT2D eigenvalue weighted by atomic mass is 10.1. The minimum atomic E-state index is 0.554. The number of amides is 1. The summed E-state index contributed by atoms with van der Waals surface area (Å²) in [7, 11) is 2.03. The Hall–Kier alpha value is -0.610. The van der Waals surface area contributed by atoms with E-state index in [1.165, 1.54) is 19.4 Å². The number of hydrogen-bond donors (Lipinski definition) is 1. The monoisotopic (exact) mass is 211 g/mol. The maximum atomic E-state index is 10.6. The molecule has 2 fully saturated rings. The number of piperazine rings is 1. The molecule has 86 valence electrons. The Morgan fingerprint density at radius 2 is 1.93 bits per heavy atom. The van der Waals surface area contributed by atoms with Gasteiger partial charge >= 0.3 is 0 Å². The van der Waals surface area contributed by atoms with Gasteiger partial charge in [-0.25, -0.2) is 0 Å². The van der Waals surface area contributed by atoms with Crippen LogP contribution in [0.1, 0.15) is 12.8 Å². The number of hydrogen-bond acceptors (Lipinski definition) is 3. The third-order valence-corrected chi connectivity index (χ3v) is 3.62. The molecule has 4 heteroatoms. The van der Waals surface area contributed by atoms with Crippen molar-refractivity contribution in [2.75, 3.05) is 46.3 Å². The van der Waals surface area contributed by atoms with E-state index in [0.717, 1.165) is 39.1 Å². The van der Waals surface area contributed by atoms with Crippen LogP contribution in [0.25, 0.3) is 0 Å². The molecule has 0 radical (unpaired) electrons. The van der Waals surface area contributed by atoms with Crippen molar-refractivity contribution in [1.82, 2.24) is 15.1 Å². The Kier molecular flexibility index (Phi) is 3.26. The molecule has 15 heavy (non-hydrogen) atoms. The van der Waals surface area contributed by atoms with Crippen molar-refractivity contribution >= 4 is 6.41 Å². The third-order valence-electron chi connectivity index (χ3n) is 3.62. The lowest BCUT2D eigenvalue weighted by molar-refractivity contribution is -0.119. The molecule has 0 bridgehead atoms. The summed E-state index contributed by atoms with van der Waals surface area (Å²) in [5, 5.41) is 3.29. The quantitative estimate of drug-likeness (QED) is 0.638.